The summed E-state index contributed by atoms with van der Waals surface area (Å²) in [6.45, 7) is 2.83. The maximum Gasteiger partial charge on any atom is 0.109 e. The molecule has 0 unspecified atom stereocenters. The van der Waals surface area contributed by atoms with Crippen LogP contribution in [0.2, 0.25) is 0 Å². The first-order chi connectivity index (χ1) is 8.06. The Hall–Kier alpha value is 0.0900. The van der Waals surface area contributed by atoms with Crippen LogP contribution in [0.15, 0.2) is 31.2 Å². The third-order valence-corrected chi connectivity index (χ3v) is 6.26. The highest BCUT2D eigenvalue weighted by atomic mass is 79.9. The molecule has 17 heavy (non-hydrogen) atoms. The van der Waals surface area contributed by atoms with Gasteiger partial charge in [0.05, 0.1) is 15.7 Å². The summed E-state index contributed by atoms with van der Waals surface area (Å²) in [6, 6.07) is 4.19. The number of nitrogens with one attached hydrogen (secondary N) is 1. The van der Waals surface area contributed by atoms with Crippen molar-refractivity contribution in [1.29, 1.82) is 0 Å². The summed E-state index contributed by atoms with van der Waals surface area (Å²) in [6.07, 6.45) is 1.83. The van der Waals surface area contributed by atoms with Gasteiger partial charge in [-0.15, -0.1) is 11.3 Å². The molecule has 0 aliphatic rings. The number of rotatable bonds is 3. The van der Waals surface area contributed by atoms with E-state index in [1.807, 2.05) is 13.1 Å². The van der Waals surface area contributed by atoms with E-state index in [0.717, 1.165) is 30.7 Å². The number of aromatic nitrogens is 1. The van der Waals surface area contributed by atoms with Crippen molar-refractivity contribution in [3.63, 3.8) is 0 Å². The van der Waals surface area contributed by atoms with Crippen LogP contribution < -0.4 is 5.32 Å². The molecule has 2 aromatic heterocycles. The van der Waals surface area contributed by atoms with E-state index in [-0.39, 0.29) is 0 Å². The Bertz CT molecular complexity index is 520. The molecule has 0 aliphatic carbocycles. The van der Waals surface area contributed by atoms with Gasteiger partial charge in [0, 0.05) is 15.9 Å². The van der Waals surface area contributed by atoms with Crippen molar-refractivity contribution in [1.82, 2.24) is 4.98 Å². The SMILES string of the molecule is Cc1cc(NCc2cc(Br)c(Br)s2)cnc1Br. The fraction of sp³-hybridized carbons (Fsp3) is 0.182. The molecule has 90 valence electrons. The van der Waals surface area contributed by atoms with E-state index >= 15 is 0 Å². The summed E-state index contributed by atoms with van der Waals surface area (Å²) >= 11 is 12.1. The molecule has 0 saturated carbocycles. The quantitative estimate of drug-likeness (QED) is 0.650. The van der Waals surface area contributed by atoms with Crippen molar-refractivity contribution in [3.8, 4) is 0 Å². The lowest BCUT2D eigenvalue weighted by Gasteiger charge is -2.05. The van der Waals surface area contributed by atoms with Gasteiger partial charge in [-0.1, -0.05) is 0 Å². The van der Waals surface area contributed by atoms with Gasteiger partial charge in [-0.2, -0.15) is 0 Å². The van der Waals surface area contributed by atoms with Crippen LogP contribution in [-0.2, 0) is 6.54 Å². The first kappa shape index (κ1) is 13.5. The predicted molar refractivity (Wildman–Crippen MR) is 83.7 cm³/mol. The minimum Gasteiger partial charge on any atom is -0.379 e. The van der Waals surface area contributed by atoms with Crippen LogP contribution in [0.5, 0.6) is 0 Å². The standard InChI is InChI=1S/C11H9Br3N2S/c1-6-2-7(4-16-10(6)13)15-5-8-3-9(12)11(14)17-8/h2-4,15H,5H2,1H3. The molecular formula is C11H9Br3N2S. The van der Waals surface area contributed by atoms with Gasteiger partial charge < -0.3 is 5.32 Å². The van der Waals surface area contributed by atoms with Crippen molar-refractivity contribution in [3.05, 3.63) is 41.6 Å². The Morgan fingerprint density at radius 3 is 2.65 bits per heavy atom. The van der Waals surface area contributed by atoms with Crippen LogP contribution in [0.3, 0.4) is 0 Å². The topological polar surface area (TPSA) is 24.9 Å². The number of pyridine rings is 1. The second kappa shape index (κ2) is 5.82. The van der Waals surface area contributed by atoms with Crippen molar-refractivity contribution in [2.24, 2.45) is 0 Å². The average Bonchev–Trinajstić information content (AvgIpc) is 2.60. The van der Waals surface area contributed by atoms with E-state index in [2.05, 4.69) is 70.2 Å². The monoisotopic (exact) mass is 438 g/mol. The lowest BCUT2D eigenvalue weighted by atomic mass is 10.3. The van der Waals surface area contributed by atoms with Crippen LogP contribution in [0.25, 0.3) is 0 Å². The van der Waals surface area contributed by atoms with Gasteiger partial charge in [0.25, 0.3) is 0 Å². The van der Waals surface area contributed by atoms with Gasteiger partial charge in [-0.05, 0) is 72.4 Å². The number of halogens is 3. The summed E-state index contributed by atoms with van der Waals surface area (Å²) in [7, 11) is 0. The Morgan fingerprint density at radius 2 is 2.06 bits per heavy atom. The Morgan fingerprint density at radius 1 is 1.29 bits per heavy atom. The molecule has 2 rings (SSSR count). The molecule has 1 N–H and O–H groups in total. The van der Waals surface area contributed by atoms with Crippen LogP contribution in [0, 0.1) is 6.92 Å². The number of nitrogens with zero attached hydrogens (tertiary/aromatic N) is 1. The molecule has 0 aliphatic heterocycles. The Labute approximate surface area is 129 Å². The van der Waals surface area contributed by atoms with E-state index in [1.54, 1.807) is 11.3 Å². The lowest BCUT2D eigenvalue weighted by Crippen LogP contribution is -1.98. The molecule has 2 aromatic rings. The zero-order chi connectivity index (χ0) is 12.4. The third kappa shape index (κ3) is 3.53. The highest BCUT2D eigenvalue weighted by molar-refractivity contribution is 9.13. The van der Waals surface area contributed by atoms with E-state index < -0.39 is 0 Å². The lowest BCUT2D eigenvalue weighted by molar-refractivity contribution is 1.15. The Kier molecular flexibility index (Phi) is 4.63. The van der Waals surface area contributed by atoms with Gasteiger partial charge >= 0.3 is 0 Å². The maximum atomic E-state index is 4.25. The first-order valence-electron chi connectivity index (χ1n) is 4.86. The first-order valence-corrected chi connectivity index (χ1v) is 8.05. The molecule has 0 atom stereocenters. The molecule has 6 heteroatoms. The average molecular weight is 441 g/mol. The molecular weight excluding hydrogens is 432 g/mol. The van der Waals surface area contributed by atoms with Crippen LogP contribution in [0.1, 0.15) is 10.4 Å². The van der Waals surface area contributed by atoms with Crippen molar-refractivity contribution in [2.45, 2.75) is 13.5 Å². The summed E-state index contributed by atoms with van der Waals surface area (Å²) in [5.41, 5.74) is 2.16. The van der Waals surface area contributed by atoms with Gasteiger partial charge in [-0.3, -0.25) is 0 Å². The summed E-state index contributed by atoms with van der Waals surface area (Å²) in [5, 5.41) is 3.35. The fourth-order valence-corrected chi connectivity index (χ4v) is 3.66. The summed E-state index contributed by atoms with van der Waals surface area (Å²) < 4.78 is 3.12. The van der Waals surface area contributed by atoms with E-state index in [4.69, 9.17) is 0 Å². The number of thiophene rings is 1. The van der Waals surface area contributed by atoms with Gasteiger partial charge in [0.1, 0.15) is 4.60 Å². The molecule has 2 nitrogen and oxygen atoms in total. The minimum absolute atomic E-state index is 0.803. The maximum absolute atomic E-state index is 4.25. The van der Waals surface area contributed by atoms with Crippen LogP contribution in [0.4, 0.5) is 5.69 Å². The second-order valence-corrected chi connectivity index (χ2v) is 7.58. The van der Waals surface area contributed by atoms with Gasteiger partial charge in [0.15, 0.2) is 0 Å². The molecule has 0 amide bonds. The zero-order valence-corrected chi connectivity index (χ0v) is 14.5. The molecule has 2 heterocycles. The van der Waals surface area contributed by atoms with Gasteiger partial charge in [0.2, 0.25) is 0 Å². The van der Waals surface area contributed by atoms with Crippen molar-refractivity contribution >= 4 is 64.8 Å². The third-order valence-electron chi connectivity index (χ3n) is 2.18. The minimum atomic E-state index is 0.803. The summed E-state index contributed by atoms with van der Waals surface area (Å²) in [4.78, 5) is 5.52. The van der Waals surface area contributed by atoms with Crippen molar-refractivity contribution < 1.29 is 0 Å². The normalized spacial score (nSPS) is 10.6. The summed E-state index contributed by atoms with van der Waals surface area (Å²) in [5.74, 6) is 0. The number of anilines is 1. The number of hydrogen-bond donors (Lipinski definition) is 1. The van der Waals surface area contributed by atoms with Crippen LogP contribution >= 0.6 is 59.1 Å². The highest BCUT2D eigenvalue weighted by Crippen LogP contribution is 2.32. The fourth-order valence-electron chi connectivity index (χ4n) is 1.32. The van der Waals surface area contributed by atoms with E-state index in [1.165, 1.54) is 4.88 Å². The predicted octanol–water partition coefficient (Wildman–Crippen LogP) is 5.35. The molecule has 0 bridgehead atoms. The molecule has 0 saturated heterocycles. The van der Waals surface area contributed by atoms with E-state index in [0.29, 0.717) is 0 Å². The van der Waals surface area contributed by atoms with E-state index in [9.17, 15) is 0 Å². The Balaban J connectivity index is 2.04. The molecule has 0 radical (unpaired) electrons. The van der Waals surface area contributed by atoms with Gasteiger partial charge in [-0.25, -0.2) is 4.98 Å². The second-order valence-electron chi connectivity index (χ2n) is 3.52. The highest BCUT2D eigenvalue weighted by Gasteiger charge is 2.04. The smallest absolute Gasteiger partial charge is 0.109 e. The van der Waals surface area contributed by atoms with Crippen LogP contribution in [-0.4, -0.2) is 4.98 Å². The number of hydrogen-bond acceptors (Lipinski definition) is 3. The zero-order valence-electron chi connectivity index (χ0n) is 8.93. The molecule has 0 spiro atoms. The molecule has 0 aromatic carbocycles. The molecule has 0 fully saturated rings. The largest absolute Gasteiger partial charge is 0.379 e. The van der Waals surface area contributed by atoms with Crippen molar-refractivity contribution in [2.75, 3.05) is 5.32 Å². The number of aryl methyl sites for hydroxylation is 1.